The van der Waals surface area contributed by atoms with Crippen LogP contribution in [-0.2, 0) is 0 Å². The van der Waals surface area contributed by atoms with Gasteiger partial charge in [0.1, 0.15) is 25.5 Å². The molecule has 2 rings (SSSR count). The number of hydrogen-bond acceptors (Lipinski definition) is 2. The van der Waals surface area contributed by atoms with Crippen LogP contribution in [0, 0.1) is 11.5 Å². The quantitative estimate of drug-likeness (QED) is 0.525. The van der Waals surface area contributed by atoms with E-state index in [4.69, 9.17) is 4.42 Å². The number of hydrogen-bond donors (Lipinski definition) is 0. The predicted octanol–water partition coefficient (Wildman–Crippen LogP) is 3.02. The summed E-state index contributed by atoms with van der Waals surface area (Å²) in [7, 11) is -1.47. The van der Waals surface area contributed by atoms with E-state index in [1.54, 1.807) is 12.1 Å². The highest BCUT2D eigenvalue weighted by Gasteiger charge is 2.09. The van der Waals surface area contributed by atoms with Gasteiger partial charge in [-0.2, -0.15) is 0 Å². The van der Waals surface area contributed by atoms with Crippen LogP contribution in [0.3, 0.4) is 0 Å². The average molecular weight is 242 g/mol. The van der Waals surface area contributed by atoms with Gasteiger partial charge in [-0.15, -0.1) is 5.54 Å². The molecule has 0 spiro atoms. The fourth-order valence-corrected chi connectivity index (χ4v) is 1.93. The fraction of sp³-hybridized carbons (Fsp3) is 0.214. The molecule has 2 nitrogen and oxygen atoms in total. The molecule has 0 N–H and O–H groups in total. The van der Waals surface area contributed by atoms with E-state index in [-0.39, 0.29) is 5.43 Å². The molecule has 0 aliphatic rings. The number of rotatable bonds is 0. The van der Waals surface area contributed by atoms with Crippen molar-refractivity contribution in [3.8, 4) is 11.5 Å². The standard InChI is InChI=1S/C14H14O2Si/c1-17(2,3)9-8-11-10-16-13-7-5-4-6-12(13)14(11)15/h4-7,10H,1-3H3. The zero-order valence-electron chi connectivity index (χ0n) is 10.2. The predicted molar refractivity (Wildman–Crippen MR) is 72.7 cm³/mol. The molecule has 17 heavy (non-hydrogen) atoms. The molecule has 0 saturated carbocycles. The summed E-state index contributed by atoms with van der Waals surface area (Å²) in [4.78, 5) is 12.1. The van der Waals surface area contributed by atoms with Crippen molar-refractivity contribution in [3.63, 3.8) is 0 Å². The second-order valence-corrected chi connectivity index (χ2v) is 9.72. The lowest BCUT2D eigenvalue weighted by Crippen LogP contribution is -2.17. The zero-order chi connectivity index (χ0) is 12.5. The van der Waals surface area contributed by atoms with Gasteiger partial charge < -0.3 is 4.42 Å². The summed E-state index contributed by atoms with van der Waals surface area (Å²) < 4.78 is 5.40. The van der Waals surface area contributed by atoms with Gasteiger partial charge in [0.05, 0.1) is 5.39 Å². The van der Waals surface area contributed by atoms with Gasteiger partial charge in [-0.05, 0) is 12.1 Å². The van der Waals surface area contributed by atoms with E-state index < -0.39 is 8.07 Å². The molecule has 1 heterocycles. The van der Waals surface area contributed by atoms with E-state index in [0.717, 1.165) is 0 Å². The second kappa shape index (κ2) is 4.23. The minimum Gasteiger partial charge on any atom is -0.463 e. The van der Waals surface area contributed by atoms with Crippen LogP contribution >= 0.6 is 0 Å². The molecule has 0 bridgehead atoms. The molecule has 0 aliphatic heterocycles. The third kappa shape index (κ3) is 2.66. The highest BCUT2D eigenvalue weighted by Crippen LogP contribution is 2.10. The van der Waals surface area contributed by atoms with Crippen molar-refractivity contribution in [2.45, 2.75) is 19.6 Å². The molecule has 0 aliphatic carbocycles. The van der Waals surface area contributed by atoms with Gasteiger partial charge in [0.15, 0.2) is 0 Å². The SMILES string of the molecule is C[Si](C)(C)C#Cc1coc2ccccc2c1=O. The van der Waals surface area contributed by atoms with Crippen LogP contribution in [0.2, 0.25) is 19.6 Å². The molecule has 0 radical (unpaired) electrons. The molecule has 2 aromatic rings. The van der Waals surface area contributed by atoms with Crippen LogP contribution in [0.15, 0.2) is 39.7 Å². The molecule has 0 fully saturated rings. The van der Waals surface area contributed by atoms with Gasteiger partial charge in [-0.1, -0.05) is 37.7 Å². The van der Waals surface area contributed by atoms with Crippen LogP contribution < -0.4 is 5.43 Å². The first-order valence-electron chi connectivity index (χ1n) is 5.51. The Labute approximate surface area is 101 Å². The summed E-state index contributed by atoms with van der Waals surface area (Å²) in [6, 6.07) is 7.22. The Morgan fingerprint density at radius 1 is 1.18 bits per heavy atom. The molecule has 1 aromatic carbocycles. The molecule has 0 unspecified atom stereocenters. The summed E-state index contributed by atoms with van der Waals surface area (Å²) in [6.07, 6.45) is 1.46. The average Bonchev–Trinajstić information content (AvgIpc) is 2.27. The summed E-state index contributed by atoms with van der Waals surface area (Å²) in [6.45, 7) is 6.42. The maximum absolute atomic E-state index is 12.1. The lowest BCUT2D eigenvalue weighted by molar-refractivity contribution is 0.600. The number of benzene rings is 1. The summed E-state index contributed by atoms with van der Waals surface area (Å²) >= 11 is 0. The van der Waals surface area contributed by atoms with E-state index >= 15 is 0 Å². The van der Waals surface area contributed by atoms with Crippen LogP contribution in [0.4, 0.5) is 0 Å². The molecule has 3 heteroatoms. The Balaban J connectivity index is 2.61. The van der Waals surface area contributed by atoms with Crippen molar-refractivity contribution in [2.75, 3.05) is 0 Å². The Hall–Kier alpha value is -1.79. The molecule has 0 amide bonds. The Morgan fingerprint density at radius 3 is 2.59 bits per heavy atom. The highest BCUT2D eigenvalue weighted by molar-refractivity contribution is 6.83. The second-order valence-electron chi connectivity index (χ2n) is 4.97. The minimum absolute atomic E-state index is 0.0439. The van der Waals surface area contributed by atoms with E-state index in [2.05, 4.69) is 31.1 Å². The summed E-state index contributed by atoms with van der Waals surface area (Å²) in [5.74, 6) is 2.95. The number of para-hydroxylation sites is 1. The van der Waals surface area contributed by atoms with E-state index in [1.807, 2.05) is 12.1 Å². The number of fused-ring (bicyclic) bond motifs is 1. The van der Waals surface area contributed by atoms with Crippen molar-refractivity contribution in [3.05, 3.63) is 46.3 Å². The maximum Gasteiger partial charge on any atom is 0.208 e. The van der Waals surface area contributed by atoms with Gasteiger partial charge in [-0.3, -0.25) is 4.79 Å². The first kappa shape index (κ1) is 11.7. The lowest BCUT2D eigenvalue weighted by Gasteiger charge is -2.03. The fourth-order valence-electron chi connectivity index (χ4n) is 1.42. The van der Waals surface area contributed by atoms with Crippen LogP contribution in [0.1, 0.15) is 5.56 Å². The topological polar surface area (TPSA) is 30.2 Å². The zero-order valence-corrected chi connectivity index (χ0v) is 11.2. The Bertz CT molecular complexity index is 666. The molecule has 1 aromatic heterocycles. The van der Waals surface area contributed by atoms with E-state index in [9.17, 15) is 4.79 Å². The normalized spacial score (nSPS) is 11.0. The molecule has 0 saturated heterocycles. The Morgan fingerprint density at radius 2 is 1.88 bits per heavy atom. The first-order chi connectivity index (χ1) is 7.97. The van der Waals surface area contributed by atoms with Crippen molar-refractivity contribution >= 4 is 19.0 Å². The van der Waals surface area contributed by atoms with Crippen molar-refractivity contribution in [1.82, 2.24) is 0 Å². The van der Waals surface area contributed by atoms with Crippen molar-refractivity contribution < 1.29 is 4.42 Å². The first-order valence-corrected chi connectivity index (χ1v) is 9.01. The van der Waals surface area contributed by atoms with Gasteiger partial charge in [-0.25, -0.2) is 0 Å². The van der Waals surface area contributed by atoms with Gasteiger partial charge in [0.25, 0.3) is 0 Å². The van der Waals surface area contributed by atoms with Crippen molar-refractivity contribution in [2.24, 2.45) is 0 Å². The summed E-state index contributed by atoms with van der Waals surface area (Å²) in [5.41, 5.74) is 4.19. The Kier molecular flexibility index (Phi) is 2.91. The summed E-state index contributed by atoms with van der Waals surface area (Å²) in [5, 5.41) is 0.592. The third-order valence-corrected chi connectivity index (χ3v) is 3.13. The highest BCUT2D eigenvalue weighted by atomic mass is 28.3. The van der Waals surface area contributed by atoms with Gasteiger partial charge in [0, 0.05) is 0 Å². The van der Waals surface area contributed by atoms with Crippen LogP contribution in [-0.4, -0.2) is 8.07 Å². The molecule has 86 valence electrons. The van der Waals surface area contributed by atoms with Crippen LogP contribution in [0.25, 0.3) is 11.0 Å². The smallest absolute Gasteiger partial charge is 0.208 e. The molecular formula is C14H14O2Si. The van der Waals surface area contributed by atoms with Gasteiger partial charge >= 0.3 is 0 Å². The van der Waals surface area contributed by atoms with Gasteiger partial charge in [0.2, 0.25) is 5.43 Å². The largest absolute Gasteiger partial charge is 0.463 e. The van der Waals surface area contributed by atoms with E-state index in [1.165, 1.54) is 6.26 Å². The van der Waals surface area contributed by atoms with E-state index in [0.29, 0.717) is 16.5 Å². The molecule has 0 atom stereocenters. The third-order valence-electron chi connectivity index (χ3n) is 2.25. The van der Waals surface area contributed by atoms with Crippen LogP contribution in [0.5, 0.6) is 0 Å². The monoisotopic (exact) mass is 242 g/mol. The lowest BCUT2D eigenvalue weighted by atomic mass is 10.2. The minimum atomic E-state index is -1.47. The maximum atomic E-state index is 12.1. The van der Waals surface area contributed by atoms with Crippen molar-refractivity contribution in [1.29, 1.82) is 0 Å². The molecular weight excluding hydrogens is 228 g/mol.